The largest absolute Gasteiger partial charge is 0.497 e. The van der Waals surface area contributed by atoms with Crippen LogP contribution in [0.5, 0.6) is 17.2 Å². The molecule has 9 heteroatoms. The number of carbonyl (C=O) groups is 1. The van der Waals surface area contributed by atoms with E-state index < -0.39 is 10.8 Å². The number of nitrogens with zero attached hydrogens (tertiary/aromatic N) is 2. The molecule has 9 nitrogen and oxygen atoms in total. The fraction of sp³-hybridized carbons (Fsp3) is 0.158. The van der Waals surface area contributed by atoms with E-state index in [0.29, 0.717) is 11.4 Å². The molecule has 0 unspecified atom stereocenters. The highest BCUT2D eigenvalue weighted by atomic mass is 16.6. The Labute approximate surface area is 160 Å². The molecular weight excluding hydrogens is 366 g/mol. The van der Waals surface area contributed by atoms with Crippen LogP contribution in [-0.2, 0) is 4.79 Å². The maximum absolute atomic E-state index is 12.4. The van der Waals surface area contributed by atoms with Gasteiger partial charge in [-0.1, -0.05) is 0 Å². The minimum absolute atomic E-state index is 0.0316. The van der Waals surface area contributed by atoms with Gasteiger partial charge in [-0.3, -0.25) is 14.9 Å². The first-order chi connectivity index (χ1) is 13.4. The lowest BCUT2D eigenvalue weighted by Gasteiger charge is -2.09. The van der Waals surface area contributed by atoms with E-state index >= 15 is 0 Å². The van der Waals surface area contributed by atoms with Gasteiger partial charge >= 0.3 is 0 Å². The third-order valence-corrected chi connectivity index (χ3v) is 3.74. The molecule has 0 aromatic heterocycles. The first-order valence-corrected chi connectivity index (χ1v) is 7.91. The molecule has 144 valence electrons. The molecule has 0 aliphatic heterocycles. The van der Waals surface area contributed by atoms with Gasteiger partial charge in [0, 0.05) is 5.69 Å². The molecule has 28 heavy (non-hydrogen) atoms. The van der Waals surface area contributed by atoms with Crippen LogP contribution in [0.2, 0.25) is 0 Å². The molecule has 0 aliphatic carbocycles. The van der Waals surface area contributed by atoms with Crippen LogP contribution in [0, 0.1) is 21.4 Å². The summed E-state index contributed by atoms with van der Waals surface area (Å²) in [6.45, 7) is 0. The number of ether oxygens (including phenoxy) is 3. The van der Waals surface area contributed by atoms with Gasteiger partial charge in [-0.05, 0) is 36.4 Å². The summed E-state index contributed by atoms with van der Waals surface area (Å²) < 4.78 is 15.2. The summed E-state index contributed by atoms with van der Waals surface area (Å²) in [5.41, 5.74) is -0.174. The molecule has 0 radical (unpaired) electrons. The van der Waals surface area contributed by atoms with Gasteiger partial charge in [0.15, 0.2) is 11.5 Å². The summed E-state index contributed by atoms with van der Waals surface area (Å²) in [6.07, 6.45) is 1.12. The number of methoxy groups -OCH3 is 3. The summed E-state index contributed by atoms with van der Waals surface area (Å²) in [5.74, 6) is 0.284. The van der Waals surface area contributed by atoms with Gasteiger partial charge in [0.05, 0.1) is 37.9 Å². The Hall–Kier alpha value is -4.06. The number of nitro groups is 1. The van der Waals surface area contributed by atoms with Crippen molar-refractivity contribution in [1.82, 2.24) is 0 Å². The number of carbonyl (C=O) groups excluding carboxylic acids is 1. The topological polar surface area (TPSA) is 124 Å². The highest BCUT2D eigenvalue weighted by Gasteiger charge is 2.20. The highest BCUT2D eigenvalue weighted by molar-refractivity contribution is 6.10. The van der Waals surface area contributed by atoms with Crippen LogP contribution < -0.4 is 19.5 Å². The van der Waals surface area contributed by atoms with Gasteiger partial charge < -0.3 is 19.5 Å². The van der Waals surface area contributed by atoms with E-state index in [0.717, 1.165) is 6.08 Å². The summed E-state index contributed by atoms with van der Waals surface area (Å²) in [7, 11) is 4.24. The summed E-state index contributed by atoms with van der Waals surface area (Å²) in [5, 5.41) is 23.3. The first kappa shape index (κ1) is 20.3. The molecule has 0 atom stereocenters. The molecule has 1 N–H and O–H groups in total. The molecule has 0 spiro atoms. The maximum Gasteiger partial charge on any atom is 0.280 e. The van der Waals surface area contributed by atoms with Crippen LogP contribution in [0.4, 0.5) is 11.4 Å². The molecule has 2 aromatic carbocycles. The zero-order chi connectivity index (χ0) is 20.7. The molecule has 2 aromatic rings. The Morgan fingerprint density at radius 3 is 2.21 bits per heavy atom. The second-order valence-corrected chi connectivity index (χ2v) is 5.38. The molecule has 0 fully saturated rings. The maximum atomic E-state index is 12.4. The summed E-state index contributed by atoms with van der Waals surface area (Å²) in [4.78, 5) is 23.1. The highest BCUT2D eigenvalue weighted by Crippen LogP contribution is 2.35. The van der Waals surface area contributed by atoms with Crippen LogP contribution in [-0.4, -0.2) is 32.2 Å². The average Bonchev–Trinajstić information content (AvgIpc) is 2.71. The summed E-state index contributed by atoms with van der Waals surface area (Å²) in [6, 6.07) is 10.7. The van der Waals surface area contributed by atoms with Crippen LogP contribution in [0.25, 0.3) is 6.08 Å². The van der Waals surface area contributed by atoms with E-state index in [9.17, 15) is 20.2 Å². The number of nitriles is 1. The van der Waals surface area contributed by atoms with Gasteiger partial charge in [0.1, 0.15) is 17.4 Å². The van der Waals surface area contributed by atoms with Crippen LogP contribution >= 0.6 is 0 Å². The Morgan fingerprint density at radius 1 is 1.11 bits per heavy atom. The van der Waals surface area contributed by atoms with E-state index in [4.69, 9.17) is 14.2 Å². The van der Waals surface area contributed by atoms with E-state index in [2.05, 4.69) is 5.32 Å². The van der Waals surface area contributed by atoms with Gasteiger partial charge in [0.2, 0.25) is 0 Å². The third-order valence-electron chi connectivity index (χ3n) is 3.74. The fourth-order valence-electron chi connectivity index (χ4n) is 2.33. The third kappa shape index (κ3) is 4.56. The number of nitrogens with one attached hydrogen (secondary N) is 1. The predicted molar refractivity (Wildman–Crippen MR) is 101 cm³/mol. The second kappa shape index (κ2) is 9.05. The monoisotopic (exact) mass is 383 g/mol. The van der Waals surface area contributed by atoms with Crippen molar-refractivity contribution in [3.63, 3.8) is 0 Å². The lowest BCUT2D eigenvalue weighted by Crippen LogP contribution is -2.13. The van der Waals surface area contributed by atoms with Crippen molar-refractivity contribution in [2.75, 3.05) is 26.6 Å². The molecule has 1 amide bonds. The molecule has 0 bridgehead atoms. The van der Waals surface area contributed by atoms with E-state index in [-0.39, 0.29) is 28.3 Å². The van der Waals surface area contributed by atoms with Crippen molar-refractivity contribution in [1.29, 1.82) is 5.26 Å². The molecule has 0 saturated carbocycles. The van der Waals surface area contributed by atoms with Crippen LogP contribution in [0.1, 0.15) is 5.56 Å². The number of hydrogen-bond acceptors (Lipinski definition) is 7. The van der Waals surface area contributed by atoms with Crippen molar-refractivity contribution in [3.8, 4) is 23.3 Å². The number of hydrogen-bond donors (Lipinski definition) is 1. The number of amides is 1. The van der Waals surface area contributed by atoms with Gasteiger partial charge in [-0.15, -0.1) is 0 Å². The normalized spacial score (nSPS) is 10.6. The van der Waals surface area contributed by atoms with E-state index in [1.807, 2.05) is 0 Å². The number of benzene rings is 2. The lowest BCUT2D eigenvalue weighted by molar-refractivity contribution is -0.385. The molecular formula is C19H17N3O6. The van der Waals surface area contributed by atoms with Crippen molar-refractivity contribution in [2.45, 2.75) is 0 Å². The number of rotatable bonds is 7. The molecule has 0 aliphatic rings. The zero-order valence-corrected chi connectivity index (χ0v) is 15.4. The van der Waals surface area contributed by atoms with Crippen molar-refractivity contribution >= 4 is 23.4 Å². The number of nitro benzene ring substituents is 1. The van der Waals surface area contributed by atoms with Gasteiger partial charge in [0.25, 0.3) is 11.6 Å². The van der Waals surface area contributed by atoms with Gasteiger partial charge in [-0.2, -0.15) is 5.26 Å². The number of anilines is 1. The average molecular weight is 383 g/mol. The predicted octanol–water partition coefficient (Wildman–Crippen LogP) is 3.17. The van der Waals surface area contributed by atoms with Crippen LogP contribution in [0.3, 0.4) is 0 Å². The lowest BCUT2D eigenvalue weighted by atomic mass is 10.1. The standard InChI is InChI=1S/C19H17N3O6/c1-26-15-6-4-14(5-7-15)21-19(23)13(11-20)8-12-9-17(27-2)18(28-3)10-16(12)22(24)25/h4-10H,1-3H3,(H,21,23). The Morgan fingerprint density at radius 2 is 1.71 bits per heavy atom. The van der Waals surface area contributed by atoms with Crippen LogP contribution in [0.15, 0.2) is 42.0 Å². The first-order valence-electron chi connectivity index (χ1n) is 7.91. The second-order valence-electron chi connectivity index (χ2n) is 5.38. The molecule has 0 heterocycles. The van der Waals surface area contributed by atoms with Gasteiger partial charge in [-0.25, -0.2) is 0 Å². The zero-order valence-electron chi connectivity index (χ0n) is 15.4. The smallest absolute Gasteiger partial charge is 0.280 e. The Balaban J connectivity index is 2.40. The fourth-order valence-corrected chi connectivity index (χ4v) is 2.33. The van der Waals surface area contributed by atoms with Crippen molar-refractivity contribution in [3.05, 3.63) is 57.6 Å². The van der Waals surface area contributed by atoms with E-state index in [1.165, 1.54) is 33.5 Å². The molecule has 0 saturated heterocycles. The Bertz CT molecular complexity index is 961. The quantitative estimate of drug-likeness (QED) is 0.337. The minimum atomic E-state index is -0.711. The van der Waals surface area contributed by atoms with E-state index in [1.54, 1.807) is 30.3 Å². The van der Waals surface area contributed by atoms with Crippen molar-refractivity contribution in [2.24, 2.45) is 0 Å². The Kier molecular flexibility index (Phi) is 6.54. The van der Waals surface area contributed by atoms with Crippen molar-refractivity contribution < 1.29 is 23.9 Å². The summed E-state index contributed by atoms with van der Waals surface area (Å²) >= 11 is 0. The molecule has 2 rings (SSSR count). The minimum Gasteiger partial charge on any atom is -0.497 e. The SMILES string of the molecule is COc1ccc(NC(=O)C(C#N)=Cc2cc(OC)c(OC)cc2[N+](=O)[O-])cc1.